The molecule has 0 amide bonds. The molecule has 5 heteroatoms. The molecule has 0 unspecified atom stereocenters. The maximum atomic E-state index is 12.9. The Balaban J connectivity index is 2.65. The Bertz CT molecular complexity index is 405. The topological polar surface area (TPSA) is 72.5 Å². The van der Waals surface area contributed by atoms with Gasteiger partial charge in [-0.3, -0.25) is 0 Å². The fraction of sp³-hybridized carbons (Fsp3) is 0.222. The first-order valence-corrected chi connectivity index (χ1v) is 4.04. The molecule has 1 aliphatic rings. The average molecular weight is 197 g/mol. The number of hydrogen-bond acceptors (Lipinski definition) is 3. The molecule has 0 aromatic heterocycles. The van der Waals surface area contributed by atoms with Crippen LogP contribution in [0.3, 0.4) is 0 Å². The molecule has 4 nitrogen and oxygen atoms in total. The predicted octanol–water partition coefficient (Wildman–Crippen LogP) is 0.916. The maximum Gasteiger partial charge on any atom is 0.336 e. The van der Waals surface area contributed by atoms with Crippen LogP contribution in [0.15, 0.2) is 12.1 Å². The number of halogens is 1. The van der Waals surface area contributed by atoms with E-state index in [1.54, 1.807) is 0 Å². The largest absolute Gasteiger partial charge is 0.491 e. The fourth-order valence-corrected chi connectivity index (χ4v) is 1.53. The molecule has 2 rings (SSSR count). The highest BCUT2D eigenvalue weighted by Gasteiger charge is 2.27. The number of hydrogen-bond donors (Lipinski definition) is 2. The second-order valence-electron chi connectivity index (χ2n) is 3.09. The quantitative estimate of drug-likeness (QED) is 0.702. The van der Waals surface area contributed by atoms with E-state index in [0.717, 1.165) is 12.1 Å². The predicted molar refractivity (Wildman–Crippen MR) is 45.8 cm³/mol. The summed E-state index contributed by atoms with van der Waals surface area (Å²) >= 11 is 0. The Morgan fingerprint density at radius 1 is 1.64 bits per heavy atom. The van der Waals surface area contributed by atoms with E-state index in [0.29, 0.717) is 5.56 Å². The second kappa shape index (κ2) is 2.95. The van der Waals surface area contributed by atoms with Crippen molar-refractivity contribution in [2.45, 2.75) is 6.04 Å². The van der Waals surface area contributed by atoms with Crippen molar-refractivity contribution in [1.82, 2.24) is 0 Å². The van der Waals surface area contributed by atoms with Gasteiger partial charge in [0.05, 0.1) is 11.6 Å². The van der Waals surface area contributed by atoms with E-state index in [-0.39, 0.29) is 17.9 Å². The van der Waals surface area contributed by atoms with Gasteiger partial charge in [-0.25, -0.2) is 9.18 Å². The van der Waals surface area contributed by atoms with E-state index in [4.69, 9.17) is 15.6 Å². The minimum Gasteiger partial charge on any atom is -0.491 e. The standard InChI is InChI=1S/C9H8FNO3/c10-4-1-5(9(12)13)8-6(11)3-14-7(8)2-4/h1-2,6H,3,11H2,(H,12,13)/t6-/m1/s1. The zero-order valence-corrected chi connectivity index (χ0v) is 7.16. The molecule has 0 radical (unpaired) electrons. The monoisotopic (exact) mass is 197 g/mol. The van der Waals surface area contributed by atoms with Gasteiger partial charge < -0.3 is 15.6 Å². The SMILES string of the molecule is N[C@@H]1COc2cc(F)cc(C(=O)O)c21. The highest BCUT2D eigenvalue weighted by atomic mass is 19.1. The van der Waals surface area contributed by atoms with E-state index < -0.39 is 17.8 Å². The Morgan fingerprint density at radius 3 is 3.00 bits per heavy atom. The summed E-state index contributed by atoms with van der Waals surface area (Å²) in [6.07, 6.45) is 0. The van der Waals surface area contributed by atoms with Crippen LogP contribution in [-0.4, -0.2) is 17.7 Å². The van der Waals surface area contributed by atoms with Crippen molar-refractivity contribution in [3.05, 3.63) is 29.1 Å². The molecule has 0 spiro atoms. The number of rotatable bonds is 1. The van der Waals surface area contributed by atoms with Crippen LogP contribution >= 0.6 is 0 Å². The molecule has 0 saturated heterocycles. The fourth-order valence-electron chi connectivity index (χ4n) is 1.53. The lowest BCUT2D eigenvalue weighted by Crippen LogP contribution is -2.14. The van der Waals surface area contributed by atoms with Crippen LogP contribution in [0.5, 0.6) is 5.75 Å². The molecule has 0 fully saturated rings. The zero-order chi connectivity index (χ0) is 10.3. The van der Waals surface area contributed by atoms with Gasteiger partial charge in [0.2, 0.25) is 0 Å². The van der Waals surface area contributed by atoms with Crippen molar-refractivity contribution in [3.63, 3.8) is 0 Å². The average Bonchev–Trinajstić information content (AvgIpc) is 2.46. The van der Waals surface area contributed by atoms with Crippen LogP contribution < -0.4 is 10.5 Å². The van der Waals surface area contributed by atoms with Gasteiger partial charge in [0, 0.05) is 11.6 Å². The molecule has 1 aromatic rings. The normalized spacial score (nSPS) is 18.9. The van der Waals surface area contributed by atoms with Crippen LogP contribution in [0.1, 0.15) is 22.0 Å². The first-order chi connectivity index (χ1) is 6.59. The van der Waals surface area contributed by atoms with Crippen LogP contribution in [0.25, 0.3) is 0 Å². The second-order valence-corrected chi connectivity index (χ2v) is 3.09. The zero-order valence-electron chi connectivity index (χ0n) is 7.16. The first-order valence-electron chi connectivity index (χ1n) is 4.04. The Morgan fingerprint density at radius 2 is 2.36 bits per heavy atom. The lowest BCUT2D eigenvalue weighted by molar-refractivity contribution is 0.0695. The van der Waals surface area contributed by atoms with E-state index in [1.165, 1.54) is 0 Å². The molecule has 1 heterocycles. The van der Waals surface area contributed by atoms with E-state index in [9.17, 15) is 9.18 Å². The number of ether oxygens (including phenoxy) is 1. The van der Waals surface area contributed by atoms with Crippen LogP contribution in [-0.2, 0) is 0 Å². The van der Waals surface area contributed by atoms with Gasteiger partial charge in [0.15, 0.2) is 0 Å². The number of carbonyl (C=O) groups is 1. The third-order valence-electron chi connectivity index (χ3n) is 2.13. The first kappa shape index (κ1) is 8.96. The summed E-state index contributed by atoms with van der Waals surface area (Å²) in [4.78, 5) is 10.8. The number of carboxylic acids is 1. The van der Waals surface area contributed by atoms with Crippen LogP contribution in [0.2, 0.25) is 0 Å². The number of aromatic carboxylic acids is 1. The van der Waals surface area contributed by atoms with Crippen LogP contribution in [0.4, 0.5) is 4.39 Å². The summed E-state index contributed by atoms with van der Waals surface area (Å²) in [6.45, 7) is 0.194. The van der Waals surface area contributed by atoms with Gasteiger partial charge in [0.25, 0.3) is 0 Å². The number of benzene rings is 1. The van der Waals surface area contributed by atoms with E-state index in [1.807, 2.05) is 0 Å². The molecule has 1 atom stereocenters. The Hall–Kier alpha value is -1.62. The molecule has 1 aliphatic heterocycles. The summed E-state index contributed by atoms with van der Waals surface area (Å²) in [5.74, 6) is -1.59. The smallest absolute Gasteiger partial charge is 0.336 e. The van der Waals surface area contributed by atoms with Crippen molar-refractivity contribution in [3.8, 4) is 5.75 Å². The van der Waals surface area contributed by atoms with Gasteiger partial charge in [-0.2, -0.15) is 0 Å². The number of carboxylic acid groups (broad SMARTS) is 1. The lowest BCUT2D eigenvalue weighted by atomic mass is 10.0. The lowest BCUT2D eigenvalue weighted by Gasteiger charge is -2.05. The Kier molecular flexibility index (Phi) is 1.89. The van der Waals surface area contributed by atoms with Gasteiger partial charge in [0.1, 0.15) is 18.2 Å². The van der Waals surface area contributed by atoms with E-state index >= 15 is 0 Å². The minimum absolute atomic E-state index is 0.120. The third-order valence-corrected chi connectivity index (χ3v) is 2.13. The maximum absolute atomic E-state index is 12.9. The number of fused-ring (bicyclic) bond motifs is 1. The highest BCUT2D eigenvalue weighted by molar-refractivity contribution is 5.90. The van der Waals surface area contributed by atoms with Gasteiger partial charge in [-0.1, -0.05) is 0 Å². The summed E-state index contributed by atoms with van der Waals surface area (Å²) in [6, 6.07) is 1.61. The van der Waals surface area contributed by atoms with Gasteiger partial charge in [-0.05, 0) is 6.07 Å². The summed E-state index contributed by atoms with van der Waals surface area (Å²) in [7, 11) is 0. The Labute approximate surface area is 79.1 Å². The summed E-state index contributed by atoms with van der Waals surface area (Å²) in [5, 5.41) is 8.81. The number of nitrogens with two attached hydrogens (primary N) is 1. The van der Waals surface area contributed by atoms with Gasteiger partial charge in [-0.15, -0.1) is 0 Å². The van der Waals surface area contributed by atoms with Crippen molar-refractivity contribution in [2.75, 3.05) is 6.61 Å². The van der Waals surface area contributed by atoms with E-state index in [2.05, 4.69) is 0 Å². The molecule has 14 heavy (non-hydrogen) atoms. The molecule has 0 saturated carbocycles. The minimum atomic E-state index is -1.19. The highest BCUT2D eigenvalue weighted by Crippen LogP contribution is 2.34. The molecule has 1 aromatic carbocycles. The van der Waals surface area contributed by atoms with Gasteiger partial charge >= 0.3 is 5.97 Å². The third kappa shape index (κ3) is 1.22. The molecule has 0 bridgehead atoms. The molecule has 74 valence electrons. The van der Waals surface area contributed by atoms with Crippen molar-refractivity contribution >= 4 is 5.97 Å². The molecular weight excluding hydrogens is 189 g/mol. The van der Waals surface area contributed by atoms with Crippen molar-refractivity contribution in [2.24, 2.45) is 5.73 Å². The van der Waals surface area contributed by atoms with Crippen molar-refractivity contribution in [1.29, 1.82) is 0 Å². The molecular formula is C9H8FNO3. The summed E-state index contributed by atoms with van der Waals surface area (Å²) < 4.78 is 18.0. The van der Waals surface area contributed by atoms with Crippen molar-refractivity contribution < 1.29 is 19.0 Å². The summed E-state index contributed by atoms with van der Waals surface area (Å²) in [5.41, 5.74) is 5.88. The van der Waals surface area contributed by atoms with Crippen LogP contribution in [0, 0.1) is 5.82 Å². The molecule has 0 aliphatic carbocycles. The molecule has 3 N–H and O–H groups in total.